The minimum absolute atomic E-state index is 0.0833. The molecular formula is C7H7BrClNO2S. The Balaban J connectivity index is 2.99. The Bertz CT molecular complexity index is 419. The Hall–Kier alpha value is -0.130. The molecule has 0 aliphatic heterocycles. The van der Waals surface area contributed by atoms with Crippen molar-refractivity contribution < 1.29 is 8.42 Å². The summed E-state index contributed by atoms with van der Waals surface area (Å²) >= 11 is 8.85. The van der Waals surface area contributed by atoms with Gasteiger partial charge >= 0.3 is 0 Å². The standard InChI is InChI=1S/C7H7BrClNO2S/c1-13(11,12)4-5-2-3-6(8)7(9)10-5/h2-3H,4H2,1H3. The van der Waals surface area contributed by atoms with E-state index in [-0.39, 0.29) is 10.9 Å². The molecule has 0 amide bonds. The van der Waals surface area contributed by atoms with Crippen LogP contribution in [0.1, 0.15) is 5.69 Å². The average molecular weight is 285 g/mol. The summed E-state index contributed by atoms with van der Waals surface area (Å²) in [6, 6.07) is 3.30. The third-order valence-electron chi connectivity index (χ3n) is 1.27. The maximum atomic E-state index is 10.9. The first-order chi connectivity index (χ1) is 5.88. The summed E-state index contributed by atoms with van der Waals surface area (Å²) in [6.07, 6.45) is 1.16. The highest BCUT2D eigenvalue weighted by Crippen LogP contribution is 2.20. The molecule has 0 fully saturated rings. The second-order valence-corrected chi connectivity index (χ2v) is 6.00. The zero-order valence-electron chi connectivity index (χ0n) is 6.79. The van der Waals surface area contributed by atoms with Gasteiger partial charge in [-0.3, -0.25) is 0 Å². The number of nitrogens with zero attached hydrogens (tertiary/aromatic N) is 1. The van der Waals surface area contributed by atoms with Crippen molar-refractivity contribution in [3.8, 4) is 0 Å². The second kappa shape index (κ2) is 3.94. The lowest BCUT2D eigenvalue weighted by Crippen LogP contribution is -2.02. The highest BCUT2D eigenvalue weighted by Gasteiger charge is 2.07. The third-order valence-corrected chi connectivity index (χ3v) is 3.25. The number of hydrogen-bond acceptors (Lipinski definition) is 3. The van der Waals surface area contributed by atoms with Crippen LogP contribution < -0.4 is 0 Å². The van der Waals surface area contributed by atoms with Gasteiger partial charge in [-0.15, -0.1) is 0 Å². The van der Waals surface area contributed by atoms with Crippen molar-refractivity contribution in [3.63, 3.8) is 0 Å². The van der Waals surface area contributed by atoms with Crippen molar-refractivity contribution >= 4 is 37.4 Å². The van der Waals surface area contributed by atoms with E-state index in [4.69, 9.17) is 11.6 Å². The summed E-state index contributed by atoms with van der Waals surface area (Å²) in [5, 5.41) is 0.279. The van der Waals surface area contributed by atoms with Crippen LogP contribution in [-0.2, 0) is 15.6 Å². The molecule has 0 atom stereocenters. The molecule has 0 saturated carbocycles. The van der Waals surface area contributed by atoms with Gasteiger partial charge in [-0.2, -0.15) is 0 Å². The number of hydrogen-bond donors (Lipinski definition) is 0. The molecule has 0 spiro atoms. The van der Waals surface area contributed by atoms with Crippen molar-refractivity contribution in [2.45, 2.75) is 5.75 Å². The molecule has 0 aliphatic carbocycles. The van der Waals surface area contributed by atoms with Gasteiger partial charge in [0.05, 0.1) is 15.9 Å². The smallest absolute Gasteiger partial charge is 0.153 e. The quantitative estimate of drug-likeness (QED) is 0.781. The number of pyridine rings is 1. The van der Waals surface area contributed by atoms with Crippen molar-refractivity contribution in [3.05, 3.63) is 27.5 Å². The topological polar surface area (TPSA) is 47.0 Å². The number of halogens is 2. The summed E-state index contributed by atoms with van der Waals surface area (Å²) in [7, 11) is -3.04. The third kappa shape index (κ3) is 3.62. The largest absolute Gasteiger partial charge is 0.239 e. The predicted molar refractivity (Wildman–Crippen MR) is 55.5 cm³/mol. The molecule has 1 aromatic rings. The summed E-state index contributed by atoms with van der Waals surface area (Å²) in [5.41, 5.74) is 0.454. The lowest BCUT2D eigenvalue weighted by atomic mass is 10.4. The molecule has 13 heavy (non-hydrogen) atoms. The molecule has 0 bridgehead atoms. The highest BCUT2D eigenvalue weighted by atomic mass is 79.9. The van der Waals surface area contributed by atoms with E-state index in [1.165, 1.54) is 0 Å². The van der Waals surface area contributed by atoms with Crippen LogP contribution in [0.2, 0.25) is 5.15 Å². The van der Waals surface area contributed by atoms with Gasteiger partial charge in [0.25, 0.3) is 0 Å². The van der Waals surface area contributed by atoms with Gasteiger partial charge in [0.2, 0.25) is 0 Å². The molecule has 1 aromatic heterocycles. The molecule has 0 radical (unpaired) electrons. The zero-order valence-corrected chi connectivity index (χ0v) is 9.95. The number of sulfone groups is 1. The molecule has 6 heteroatoms. The van der Waals surface area contributed by atoms with Crippen LogP contribution in [0.3, 0.4) is 0 Å². The highest BCUT2D eigenvalue weighted by molar-refractivity contribution is 9.10. The number of aromatic nitrogens is 1. The van der Waals surface area contributed by atoms with E-state index in [1.807, 2.05) is 0 Å². The summed E-state index contributed by atoms with van der Waals surface area (Å²) < 4.78 is 22.5. The van der Waals surface area contributed by atoms with Crippen LogP contribution in [0, 0.1) is 0 Å². The lowest BCUT2D eigenvalue weighted by Gasteiger charge is -2.00. The van der Waals surface area contributed by atoms with Gasteiger partial charge in [-0.05, 0) is 28.1 Å². The Morgan fingerprint density at radius 3 is 2.62 bits per heavy atom. The fraction of sp³-hybridized carbons (Fsp3) is 0.286. The van der Waals surface area contributed by atoms with Crippen LogP contribution in [0.5, 0.6) is 0 Å². The molecule has 0 aromatic carbocycles. The van der Waals surface area contributed by atoms with Gasteiger partial charge in [0.1, 0.15) is 5.15 Å². The Kier molecular flexibility index (Phi) is 3.32. The van der Waals surface area contributed by atoms with Gasteiger partial charge in [0, 0.05) is 6.26 Å². The monoisotopic (exact) mass is 283 g/mol. The summed E-state index contributed by atoms with van der Waals surface area (Å²) in [5.74, 6) is -0.0833. The lowest BCUT2D eigenvalue weighted by molar-refractivity contribution is 0.600. The molecule has 1 rings (SSSR count). The van der Waals surface area contributed by atoms with Crippen LogP contribution in [0.25, 0.3) is 0 Å². The SMILES string of the molecule is CS(=O)(=O)Cc1ccc(Br)c(Cl)n1. The Labute approximate surface area is 90.2 Å². The van der Waals surface area contributed by atoms with E-state index in [1.54, 1.807) is 12.1 Å². The first kappa shape index (κ1) is 10.9. The van der Waals surface area contributed by atoms with E-state index < -0.39 is 9.84 Å². The van der Waals surface area contributed by atoms with Crippen molar-refractivity contribution in [1.82, 2.24) is 4.98 Å². The van der Waals surface area contributed by atoms with Crippen LogP contribution in [0.15, 0.2) is 16.6 Å². The fourth-order valence-corrected chi connectivity index (χ4v) is 1.89. The molecular weight excluding hydrogens is 278 g/mol. The maximum absolute atomic E-state index is 10.9. The van der Waals surface area contributed by atoms with Crippen LogP contribution >= 0.6 is 27.5 Å². The first-order valence-corrected chi connectivity index (χ1v) is 6.60. The summed E-state index contributed by atoms with van der Waals surface area (Å²) in [6.45, 7) is 0. The maximum Gasteiger partial charge on any atom is 0.153 e. The van der Waals surface area contributed by atoms with Crippen LogP contribution in [0.4, 0.5) is 0 Å². The molecule has 0 unspecified atom stereocenters. The van der Waals surface area contributed by atoms with Gasteiger partial charge < -0.3 is 0 Å². The van der Waals surface area contributed by atoms with E-state index in [2.05, 4.69) is 20.9 Å². The molecule has 0 saturated heterocycles. The van der Waals surface area contributed by atoms with Gasteiger partial charge in [0.15, 0.2) is 9.84 Å². The van der Waals surface area contributed by atoms with Gasteiger partial charge in [-0.25, -0.2) is 13.4 Å². The first-order valence-electron chi connectivity index (χ1n) is 3.37. The normalized spacial score (nSPS) is 11.6. The van der Waals surface area contributed by atoms with Gasteiger partial charge in [-0.1, -0.05) is 11.6 Å². The predicted octanol–water partition coefficient (Wildman–Crippen LogP) is 2.04. The molecule has 3 nitrogen and oxygen atoms in total. The van der Waals surface area contributed by atoms with E-state index >= 15 is 0 Å². The van der Waals surface area contributed by atoms with Crippen molar-refractivity contribution in [1.29, 1.82) is 0 Å². The van der Waals surface area contributed by atoms with Crippen molar-refractivity contribution in [2.24, 2.45) is 0 Å². The van der Waals surface area contributed by atoms with E-state index in [0.717, 1.165) is 6.26 Å². The minimum atomic E-state index is -3.04. The molecule has 0 N–H and O–H groups in total. The van der Waals surface area contributed by atoms with E-state index in [9.17, 15) is 8.42 Å². The van der Waals surface area contributed by atoms with Crippen LogP contribution in [-0.4, -0.2) is 19.7 Å². The second-order valence-electron chi connectivity index (χ2n) is 2.65. The zero-order chi connectivity index (χ0) is 10.1. The average Bonchev–Trinajstić information content (AvgIpc) is 1.94. The summed E-state index contributed by atoms with van der Waals surface area (Å²) in [4.78, 5) is 3.90. The molecule has 72 valence electrons. The fourth-order valence-electron chi connectivity index (χ4n) is 0.804. The minimum Gasteiger partial charge on any atom is -0.239 e. The molecule has 0 aliphatic rings. The number of rotatable bonds is 2. The van der Waals surface area contributed by atoms with E-state index in [0.29, 0.717) is 10.2 Å². The Morgan fingerprint density at radius 1 is 1.54 bits per heavy atom. The molecule has 1 heterocycles. The van der Waals surface area contributed by atoms with Crippen molar-refractivity contribution in [2.75, 3.05) is 6.26 Å². The Morgan fingerprint density at radius 2 is 2.15 bits per heavy atom.